The van der Waals surface area contributed by atoms with Gasteiger partial charge in [-0.25, -0.2) is 9.37 Å². The highest BCUT2D eigenvalue weighted by Gasteiger charge is 2.45. The summed E-state index contributed by atoms with van der Waals surface area (Å²) in [5.41, 5.74) is 0.309. The second kappa shape index (κ2) is 6.75. The Bertz CT molecular complexity index is 735. The van der Waals surface area contributed by atoms with Gasteiger partial charge in [0.25, 0.3) is 0 Å². The van der Waals surface area contributed by atoms with Crippen LogP contribution in [0.15, 0.2) is 35.8 Å². The average molecular weight is 359 g/mol. The Morgan fingerprint density at radius 2 is 1.92 bits per heavy atom. The zero-order valence-corrected chi connectivity index (χ0v) is 15.0. The number of hydrogen-bond donors (Lipinski definition) is 0. The molecule has 2 fully saturated rings. The number of halogens is 1. The summed E-state index contributed by atoms with van der Waals surface area (Å²) in [6, 6.07) is 6.63. The average Bonchev–Trinajstić information content (AvgIpc) is 3.34. The minimum absolute atomic E-state index is 0.175. The first kappa shape index (κ1) is 16.5. The molecule has 1 saturated carbocycles. The van der Waals surface area contributed by atoms with Crippen molar-refractivity contribution in [3.63, 3.8) is 0 Å². The van der Waals surface area contributed by atoms with Crippen molar-refractivity contribution in [1.82, 2.24) is 9.88 Å². The lowest BCUT2D eigenvalue weighted by Gasteiger charge is -2.40. The second-order valence-corrected chi connectivity index (χ2v) is 7.77. The van der Waals surface area contributed by atoms with E-state index in [2.05, 4.69) is 9.88 Å². The van der Waals surface area contributed by atoms with Crippen molar-refractivity contribution < 1.29 is 9.18 Å². The predicted octanol–water partition coefficient (Wildman–Crippen LogP) is 3.44. The fourth-order valence-electron chi connectivity index (χ4n) is 4.17. The molecule has 0 N–H and O–H groups in total. The van der Waals surface area contributed by atoms with E-state index in [9.17, 15) is 9.18 Å². The number of thiazole rings is 1. The van der Waals surface area contributed by atoms with Crippen LogP contribution in [0.3, 0.4) is 0 Å². The third-order valence-electron chi connectivity index (χ3n) is 5.50. The largest absolute Gasteiger partial charge is 0.345 e. The monoisotopic (exact) mass is 359 g/mol. The molecule has 0 spiro atoms. The Morgan fingerprint density at radius 1 is 1.16 bits per heavy atom. The molecule has 0 radical (unpaired) electrons. The van der Waals surface area contributed by atoms with Gasteiger partial charge in [0.1, 0.15) is 5.82 Å². The Kier molecular flexibility index (Phi) is 4.46. The summed E-state index contributed by atoms with van der Waals surface area (Å²) in [7, 11) is 0. The molecule has 1 aromatic heterocycles. The Hall–Kier alpha value is -1.95. The molecule has 0 atom stereocenters. The molecule has 2 aromatic rings. The zero-order valence-electron chi connectivity index (χ0n) is 14.2. The number of hydrogen-bond acceptors (Lipinski definition) is 4. The van der Waals surface area contributed by atoms with Crippen molar-refractivity contribution in [2.75, 3.05) is 31.1 Å². The lowest BCUT2D eigenvalue weighted by Crippen LogP contribution is -2.54. The minimum atomic E-state index is -0.536. The number of benzene rings is 1. The fourth-order valence-corrected chi connectivity index (χ4v) is 4.86. The van der Waals surface area contributed by atoms with Crippen molar-refractivity contribution >= 4 is 22.4 Å². The lowest BCUT2D eigenvalue weighted by atomic mass is 9.77. The fraction of sp³-hybridized carbons (Fsp3) is 0.474. The van der Waals surface area contributed by atoms with Gasteiger partial charge in [0.2, 0.25) is 5.91 Å². The standard InChI is InChI=1S/C19H22FN3OS/c20-16-5-3-4-15(14-16)19(6-1-2-7-19)17(24)22-9-11-23(12-10-22)18-21-8-13-25-18/h3-5,8,13-14H,1-2,6-7,9-12H2. The highest BCUT2D eigenvalue weighted by atomic mass is 32.1. The number of aromatic nitrogens is 1. The van der Waals surface area contributed by atoms with Crippen LogP contribution in [0.5, 0.6) is 0 Å². The molecule has 6 heteroatoms. The van der Waals surface area contributed by atoms with Crippen LogP contribution >= 0.6 is 11.3 Å². The lowest BCUT2D eigenvalue weighted by molar-refractivity contribution is -0.137. The number of carbonyl (C=O) groups excluding carboxylic acids is 1. The number of amides is 1. The van der Waals surface area contributed by atoms with E-state index >= 15 is 0 Å². The van der Waals surface area contributed by atoms with Crippen molar-refractivity contribution in [3.8, 4) is 0 Å². The van der Waals surface area contributed by atoms with Crippen LogP contribution in [0.1, 0.15) is 31.2 Å². The van der Waals surface area contributed by atoms with E-state index < -0.39 is 5.41 Å². The van der Waals surface area contributed by atoms with Crippen molar-refractivity contribution in [2.45, 2.75) is 31.1 Å². The molecule has 1 aliphatic carbocycles. The van der Waals surface area contributed by atoms with Crippen LogP contribution in [0.25, 0.3) is 0 Å². The smallest absolute Gasteiger partial charge is 0.233 e. The highest BCUT2D eigenvalue weighted by molar-refractivity contribution is 7.13. The predicted molar refractivity (Wildman–Crippen MR) is 97.5 cm³/mol. The summed E-state index contributed by atoms with van der Waals surface area (Å²) in [6.45, 7) is 3.02. The van der Waals surface area contributed by atoms with Crippen LogP contribution < -0.4 is 4.90 Å². The molecule has 1 aliphatic heterocycles. The van der Waals surface area contributed by atoms with Crippen LogP contribution in [-0.4, -0.2) is 42.0 Å². The maximum Gasteiger partial charge on any atom is 0.233 e. The van der Waals surface area contributed by atoms with E-state index in [1.54, 1.807) is 23.5 Å². The van der Waals surface area contributed by atoms with Crippen LogP contribution in [0, 0.1) is 5.82 Å². The SMILES string of the molecule is O=C(N1CCN(c2nccs2)CC1)C1(c2cccc(F)c2)CCCC1. The maximum absolute atomic E-state index is 13.8. The molecule has 0 bridgehead atoms. The molecule has 1 aromatic carbocycles. The molecule has 1 amide bonds. The molecule has 4 nitrogen and oxygen atoms in total. The summed E-state index contributed by atoms with van der Waals surface area (Å²) in [5, 5.41) is 3.00. The minimum Gasteiger partial charge on any atom is -0.345 e. The van der Waals surface area contributed by atoms with Crippen molar-refractivity contribution in [1.29, 1.82) is 0 Å². The first-order valence-corrected chi connectivity index (χ1v) is 9.77. The molecule has 2 heterocycles. The van der Waals surface area contributed by atoms with Crippen LogP contribution in [-0.2, 0) is 10.2 Å². The molecule has 0 unspecified atom stereocenters. The summed E-state index contributed by atoms with van der Waals surface area (Å²) in [4.78, 5) is 22.0. The maximum atomic E-state index is 13.8. The first-order chi connectivity index (χ1) is 12.2. The van der Waals surface area contributed by atoms with Gasteiger partial charge in [0.05, 0.1) is 5.41 Å². The Balaban J connectivity index is 1.52. The van der Waals surface area contributed by atoms with Crippen molar-refractivity contribution in [2.24, 2.45) is 0 Å². The molecule has 132 valence electrons. The Morgan fingerprint density at radius 3 is 2.56 bits per heavy atom. The molecular weight excluding hydrogens is 337 g/mol. The Labute approximate surface area is 151 Å². The van der Waals surface area contributed by atoms with E-state index in [-0.39, 0.29) is 11.7 Å². The van der Waals surface area contributed by atoms with Gasteiger partial charge < -0.3 is 9.80 Å². The number of rotatable bonds is 3. The van der Waals surface area contributed by atoms with Gasteiger partial charge in [-0.2, -0.15) is 0 Å². The molecule has 4 rings (SSSR count). The highest BCUT2D eigenvalue weighted by Crippen LogP contribution is 2.43. The number of carbonyl (C=O) groups is 1. The van der Waals surface area contributed by atoms with E-state index in [4.69, 9.17) is 0 Å². The van der Waals surface area contributed by atoms with Gasteiger partial charge in [-0.1, -0.05) is 25.0 Å². The number of nitrogens with zero attached hydrogens (tertiary/aromatic N) is 3. The summed E-state index contributed by atoms with van der Waals surface area (Å²) >= 11 is 1.63. The number of piperazine rings is 1. The van der Waals surface area contributed by atoms with Gasteiger partial charge in [-0.3, -0.25) is 4.79 Å². The molecule has 25 heavy (non-hydrogen) atoms. The molecule has 2 aliphatic rings. The third-order valence-corrected chi connectivity index (χ3v) is 6.33. The summed E-state index contributed by atoms with van der Waals surface area (Å²) in [5.74, 6) is -0.0837. The summed E-state index contributed by atoms with van der Waals surface area (Å²) in [6.07, 6.45) is 5.52. The number of anilines is 1. The van der Waals surface area contributed by atoms with Crippen LogP contribution in [0.2, 0.25) is 0 Å². The van der Waals surface area contributed by atoms with E-state index in [0.29, 0.717) is 13.1 Å². The quantitative estimate of drug-likeness (QED) is 0.842. The molecule has 1 saturated heterocycles. The van der Waals surface area contributed by atoms with Gasteiger partial charge in [0, 0.05) is 37.8 Å². The third kappa shape index (κ3) is 3.03. The van der Waals surface area contributed by atoms with Gasteiger partial charge in [0.15, 0.2) is 5.13 Å². The second-order valence-electron chi connectivity index (χ2n) is 6.89. The van der Waals surface area contributed by atoms with Gasteiger partial charge >= 0.3 is 0 Å². The topological polar surface area (TPSA) is 36.4 Å². The van der Waals surface area contributed by atoms with Crippen LogP contribution in [0.4, 0.5) is 9.52 Å². The van der Waals surface area contributed by atoms with E-state index in [0.717, 1.165) is 49.5 Å². The first-order valence-electron chi connectivity index (χ1n) is 8.89. The molecular formula is C19H22FN3OS. The normalized spacial score (nSPS) is 20.0. The van der Waals surface area contributed by atoms with Gasteiger partial charge in [-0.15, -0.1) is 11.3 Å². The summed E-state index contributed by atoms with van der Waals surface area (Å²) < 4.78 is 13.8. The van der Waals surface area contributed by atoms with E-state index in [1.807, 2.05) is 22.5 Å². The van der Waals surface area contributed by atoms with Crippen molar-refractivity contribution in [3.05, 3.63) is 47.2 Å². The zero-order chi connectivity index (χ0) is 17.3. The van der Waals surface area contributed by atoms with Gasteiger partial charge in [-0.05, 0) is 30.5 Å². The van der Waals surface area contributed by atoms with E-state index in [1.165, 1.54) is 6.07 Å².